The van der Waals surface area contributed by atoms with Crippen LogP contribution in [0.3, 0.4) is 0 Å². The van der Waals surface area contributed by atoms with E-state index in [0.29, 0.717) is 28.2 Å². The average Bonchev–Trinajstić information content (AvgIpc) is 3.29. The zero-order chi connectivity index (χ0) is 21.8. The molecule has 3 heterocycles. The van der Waals surface area contributed by atoms with Crippen LogP contribution in [0, 0.1) is 0 Å². The Labute approximate surface area is 180 Å². The molecule has 31 heavy (non-hydrogen) atoms. The van der Waals surface area contributed by atoms with E-state index in [0.717, 1.165) is 5.56 Å². The number of nitrogens with one attached hydrogen (secondary N) is 2. The van der Waals surface area contributed by atoms with Crippen molar-refractivity contribution in [3.8, 4) is 28.3 Å². The Bertz CT molecular complexity index is 1180. The number of hydrogen-bond acceptors (Lipinski definition) is 5. The van der Waals surface area contributed by atoms with Crippen molar-refractivity contribution in [3.63, 3.8) is 0 Å². The number of hydrogen-bond donors (Lipinski definition) is 2. The van der Waals surface area contributed by atoms with E-state index in [-0.39, 0.29) is 5.75 Å². The number of nitrogens with zero attached hydrogens (tertiary/aromatic N) is 3. The number of aromatic amines is 1. The molecule has 0 bridgehead atoms. The van der Waals surface area contributed by atoms with Crippen LogP contribution in [-0.4, -0.2) is 31.6 Å². The molecule has 1 aromatic carbocycles. The van der Waals surface area contributed by atoms with Crippen LogP contribution >= 0.6 is 11.6 Å². The van der Waals surface area contributed by atoms with E-state index in [1.54, 1.807) is 36.8 Å². The molecular weight excluding hydrogens is 428 g/mol. The minimum Gasteiger partial charge on any atom is -0.420 e. The normalized spacial score (nSPS) is 11.2. The lowest BCUT2D eigenvalue weighted by molar-refractivity contribution is -0.0964. The minimum absolute atomic E-state index is 0.137. The van der Waals surface area contributed by atoms with Gasteiger partial charge >= 0.3 is 5.57 Å². The first-order valence-corrected chi connectivity index (χ1v) is 9.34. The molecule has 0 aliphatic heterocycles. The second-order valence-corrected chi connectivity index (χ2v) is 6.80. The van der Waals surface area contributed by atoms with Crippen LogP contribution in [0.4, 0.5) is 14.5 Å². The summed E-state index contributed by atoms with van der Waals surface area (Å²) < 4.78 is 29.7. The number of H-pyrrole nitrogens is 1. The van der Waals surface area contributed by atoms with Crippen LogP contribution in [0.5, 0.6) is 5.75 Å². The van der Waals surface area contributed by atoms with Crippen molar-refractivity contribution in [3.05, 3.63) is 78.9 Å². The van der Waals surface area contributed by atoms with Gasteiger partial charge in [-0.2, -0.15) is 5.10 Å². The second-order valence-electron chi connectivity index (χ2n) is 6.36. The van der Waals surface area contributed by atoms with Crippen molar-refractivity contribution in [1.82, 2.24) is 20.2 Å². The highest BCUT2D eigenvalue weighted by Gasteiger charge is 2.27. The van der Waals surface area contributed by atoms with E-state index >= 15 is 0 Å². The topological polar surface area (TPSA) is 92.8 Å². The number of rotatable bonds is 6. The highest BCUT2D eigenvalue weighted by Crippen LogP contribution is 2.30. The van der Waals surface area contributed by atoms with Gasteiger partial charge in [0.25, 0.3) is 5.91 Å². The number of ether oxygens (including phenoxy) is 1. The van der Waals surface area contributed by atoms with Crippen molar-refractivity contribution in [1.29, 1.82) is 0 Å². The molecule has 4 aromatic rings. The molecule has 2 N–H and O–H groups in total. The number of pyridine rings is 2. The highest BCUT2D eigenvalue weighted by atomic mass is 35.5. The molecule has 0 unspecified atom stereocenters. The van der Waals surface area contributed by atoms with E-state index in [1.165, 1.54) is 30.5 Å². The van der Waals surface area contributed by atoms with Gasteiger partial charge in [-0.25, -0.2) is 0 Å². The molecule has 0 saturated heterocycles. The van der Waals surface area contributed by atoms with Crippen LogP contribution in [0.25, 0.3) is 22.5 Å². The molecule has 3 aromatic heterocycles. The lowest BCUT2D eigenvalue weighted by Crippen LogP contribution is -2.16. The summed E-state index contributed by atoms with van der Waals surface area (Å²) in [5.74, 6) is -0.565. The maximum atomic E-state index is 12.7. The third-order valence-corrected chi connectivity index (χ3v) is 4.30. The van der Waals surface area contributed by atoms with Crippen LogP contribution in [0.2, 0.25) is 0 Å². The van der Waals surface area contributed by atoms with Crippen LogP contribution < -0.4 is 10.1 Å². The molecule has 0 atom stereocenters. The minimum atomic E-state index is -3.81. The molecule has 156 valence electrons. The molecular formula is C21H14ClF2N5O2. The summed E-state index contributed by atoms with van der Waals surface area (Å²) in [4.78, 5) is 21.3. The van der Waals surface area contributed by atoms with Gasteiger partial charge < -0.3 is 10.1 Å². The van der Waals surface area contributed by atoms with Crippen LogP contribution in [-0.2, 0) is 0 Å². The number of carbonyl (C=O) groups is 1. The Morgan fingerprint density at radius 3 is 2.55 bits per heavy atom. The first-order valence-electron chi connectivity index (χ1n) is 8.96. The summed E-state index contributed by atoms with van der Waals surface area (Å²) in [5, 5.41) is 9.53. The molecule has 0 fully saturated rings. The average molecular weight is 442 g/mol. The molecule has 0 radical (unpaired) electrons. The molecule has 4 rings (SSSR count). The monoisotopic (exact) mass is 441 g/mol. The van der Waals surface area contributed by atoms with E-state index in [1.807, 2.05) is 6.07 Å². The third-order valence-electron chi connectivity index (χ3n) is 4.22. The van der Waals surface area contributed by atoms with Crippen molar-refractivity contribution < 1.29 is 18.3 Å². The van der Waals surface area contributed by atoms with Gasteiger partial charge in [0.15, 0.2) is 0 Å². The van der Waals surface area contributed by atoms with E-state index in [4.69, 9.17) is 11.6 Å². The standard InChI is InChI=1S/C21H14ClF2N5O2/c22-21(23,24)31-16-5-3-15(4-6-16)28-20(30)14-10-17(18-7-9-27-29-18)19(26-12-14)13-2-1-8-25-11-13/h1-12H,(H,27,29)(H,28,30). The predicted molar refractivity (Wildman–Crippen MR) is 111 cm³/mol. The number of halogens is 3. The summed E-state index contributed by atoms with van der Waals surface area (Å²) in [6, 6.07) is 12.5. The third kappa shape index (κ3) is 5.01. The SMILES string of the molecule is O=C(Nc1ccc(OC(F)(F)Cl)cc1)c1cnc(-c2cccnc2)c(-c2ccn[nH]2)c1. The number of benzene rings is 1. The second kappa shape index (κ2) is 8.49. The predicted octanol–water partition coefficient (Wildman–Crippen LogP) is 4.95. The molecule has 0 aliphatic rings. The largest absolute Gasteiger partial charge is 0.487 e. The first-order chi connectivity index (χ1) is 14.9. The Morgan fingerprint density at radius 1 is 1.10 bits per heavy atom. The lowest BCUT2D eigenvalue weighted by atomic mass is 10.0. The smallest absolute Gasteiger partial charge is 0.420 e. The van der Waals surface area contributed by atoms with Crippen molar-refractivity contribution >= 4 is 23.2 Å². The number of aromatic nitrogens is 4. The molecule has 0 spiro atoms. The highest BCUT2D eigenvalue weighted by molar-refractivity contribution is 6.20. The van der Waals surface area contributed by atoms with Gasteiger partial charge in [-0.15, -0.1) is 8.78 Å². The summed E-state index contributed by atoms with van der Waals surface area (Å²) in [7, 11) is 0. The maximum absolute atomic E-state index is 12.7. The fourth-order valence-corrected chi connectivity index (χ4v) is 2.97. The molecule has 0 aliphatic carbocycles. The number of alkyl halides is 3. The molecule has 0 saturated carbocycles. The van der Waals surface area contributed by atoms with Crippen LogP contribution in [0.1, 0.15) is 10.4 Å². The molecule has 10 heteroatoms. The Hall–Kier alpha value is -3.85. The van der Waals surface area contributed by atoms with Crippen molar-refractivity contribution in [2.45, 2.75) is 5.57 Å². The summed E-state index contributed by atoms with van der Waals surface area (Å²) in [6.07, 6.45) is 6.38. The number of amides is 1. The Morgan fingerprint density at radius 2 is 1.90 bits per heavy atom. The summed E-state index contributed by atoms with van der Waals surface area (Å²) >= 11 is 4.74. The zero-order valence-corrected chi connectivity index (χ0v) is 16.5. The van der Waals surface area contributed by atoms with E-state index in [2.05, 4.69) is 30.2 Å². The summed E-state index contributed by atoms with van der Waals surface area (Å²) in [6.45, 7) is 0. The Kier molecular flexibility index (Phi) is 5.59. The van der Waals surface area contributed by atoms with E-state index < -0.39 is 11.5 Å². The van der Waals surface area contributed by atoms with Gasteiger partial charge in [-0.3, -0.25) is 19.9 Å². The fraction of sp³-hybridized carbons (Fsp3) is 0.0476. The van der Waals surface area contributed by atoms with Gasteiger partial charge in [0.1, 0.15) is 5.75 Å². The van der Waals surface area contributed by atoms with Gasteiger partial charge in [0.05, 0.1) is 17.0 Å². The van der Waals surface area contributed by atoms with Gasteiger partial charge in [-0.05, 0) is 48.5 Å². The van der Waals surface area contributed by atoms with Crippen molar-refractivity contribution in [2.75, 3.05) is 5.32 Å². The van der Waals surface area contributed by atoms with E-state index in [9.17, 15) is 13.6 Å². The van der Waals surface area contributed by atoms with Crippen LogP contribution in [0.15, 0.2) is 73.3 Å². The number of anilines is 1. The molecule has 7 nitrogen and oxygen atoms in total. The maximum Gasteiger partial charge on any atom is 0.487 e. The zero-order valence-electron chi connectivity index (χ0n) is 15.7. The fourth-order valence-electron chi connectivity index (χ4n) is 2.88. The Balaban J connectivity index is 1.60. The molecule has 1 amide bonds. The van der Waals surface area contributed by atoms with Gasteiger partial charge in [0, 0.05) is 53.2 Å². The summed E-state index contributed by atoms with van der Waals surface area (Å²) in [5.41, 5.74) is -0.353. The first kappa shape index (κ1) is 20.4. The van der Waals surface area contributed by atoms with Gasteiger partial charge in [0.2, 0.25) is 0 Å². The van der Waals surface area contributed by atoms with Crippen molar-refractivity contribution in [2.24, 2.45) is 0 Å². The number of carbonyl (C=O) groups excluding carboxylic acids is 1. The lowest BCUT2D eigenvalue weighted by Gasteiger charge is -2.12. The quantitative estimate of drug-likeness (QED) is 0.413. The van der Waals surface area contributed by atoms with Gasteiger partial charge in [-0.1, -0.05) is 0 Å².